The maximum absolute atomic E-state index is 11.5. The van der Waals surface area contributed by atoms with Crippen molar-refractivity contribution in [3.63, 3.8) is 0 Å². The molecule has 2 N–H and O–H groups in total. The van der Waals surface area contributed by atoms with Gasteiger partial charge in [-0.15, -0.1) is 0 Å². The molecular weight excluding hydrogens is 194 g/mol. The fraction of sp³-hybridized carbons (Fsp3) is 0.800. The highest BCUT2D eigenvalue weighted by atomic mass is 16.2. The van der Waals surface area contributed by atoms with Gasteiger partial charge in [0.05, 0.1) is 6.04 Å². The maximum atomic E-state index is 11.5. The van der Waals surface area contributed by atoms with Crippen LogP contribution in [-0.2, 0) is 9.59 Å². The van der Waals surface area contributed by atoms with E-state index >= 15 is 0 Å². The van der Waals surface area contributed by atoms with E-state index in [-0.39, 0.29) is 17.9 Å². The Morgan fingerprint density at radius 3 is 2.73 bits per heavy atom. The minimum Gasteiger partial charge on any atom is -0.354 e. The van der Waals surface area contributed by atoms with E-state index in [0.717, 1.165) is 19.4 Å². The topological polar surface area (TPSA) is 61.4 Å². The molecule has 2 amide bonds. The van der Waals surface area contributed by atoms with Gasteiger partial charge in [-0.2, -0.15) is 0 Å². The van der Waals surface area contributed by atoms with E-state index in [1.165, 1.54) is 4.90 Å². The quantitative estimate of drug-likeness (QED) is 0.651. The van der Waals surface area contributed by atoms with Crippen LogP contribution in [0.2, 0.25) is 0 Å². The zero-order valence-corrected chi connectivity index (χ0v) is 9.38. The molecule has 15 heavy (non-hydrogen) atoms. The predicted octanol–water partition coefficient (Wildman–Crippen LogP) is -0.667. The van der Waals surface area contributed by atoms with Crippen molar-refractivity contribution in [1.29, 1.82) is 0 Å². The molecule has 1 aliphatic rings. The largest absolute Gasteiger partial charge is 0.354 e. The SMILES string of the molecule is CN(C)C(=O)CCNC(=O)[C@@H]1CCCN1. The zero-order valence-electron chi connectivity index (χ0n) is 9.38. The highest BCUT2D eigenvalue weighted by Gasteiger charge is 2.21. The zero-order chi connectivity index (χ0) is 11.3. The van der Waals surface area contributed by atoms with Gasteiger partial charge in [-0.3, -0.25) is 9.59 Å². The van der Waals surface area contributed by atoms with Crippen LogP contribution in [0.5, 0.6) is 0 Å². The third-order valence-corrected chi connectivity index (χ3v) is 2.51. The summed E-state index contributed by atoms with van der Waals surface area (Å²) in [5.41, 5.74) is 0. The molecule has 0 aromatic rings. The van der Waals surface area contributed by atoms with E-state index in [4.69, 9.17) is 0 Å². The highest BCUT2D eigenvalue weighted by molar-refractivity contribution is 5.83. The average molecular weight is 213 g/mol. The molecule has 86 valence electrons. The summed E-state index contributed by atoms with van der Waals surface area (Å²) in [4.78, 5) is 24.2. The van der Waals surface area contributed by atoms with Gasteiger partial charge < -0.3 is 15.5 Å². The monoisotopic (exact) mass is 213 g/mol. The summed E-state index contributed by atoms with van der Waals surface area (Å²) in [6, 6.07) is -0.0561. The van der Waals surface area contributed by atoms with Crippen LogP contribution in [0.25, 0.3) is 0 Å². The Morgan fingerprint density at radius 2 is 2.20 bits per heavy atom. The summed E-state index contributed by atoms with van der Waals surface area (Å²) in [6.45, 7) is 1.34. The van der Waals surface area contributed by atoms with Crippen LogP contribution in [0.4, 0.5) is 0 Å². The smallest absolute Gasteiger partial charge is 0.237 e. The summed E-state index contributed by atoms with van der Waals surface area (Å²) in [5.74, 6) is 0.0498. The summed E-state index contributed by atoms with van der Waals surface area (Å²) >= 11 is 0. The van der Waals surface area contributed by atoms with Gasteiger partial charge in [0.2, 0.25) is 11.8 Å². The lowest BCUT2D eigenvalue weighted by molar-refractivity contribution is -0.128. The molecule has 0 radical (unpaired) electrons. The molecular formula is C10H19N3O2. The van der Waals surface area contributed by atoms with Gasteiger partial charge in [0, 0.05) is 27.1 Å². The van der Waals surface area contributed by atoms with Gasteiger partial charge in [0.25, 0.3) is 0 Å². The minimum atomic E-state index is -0.0561. The maximum Gasteiger partial charge on any atom is 0.237 e. The van der Waals surface area contributed by atoms with Gasteiger partial charge in [0.1, 0.15) is 0 Å². The molecule has 5 heteroatoms. The van der Waals surface area contributed by atoms with Crippen LogP contribution in [0, 0.1) is 0 Å². The Morgan fingerprint density at radius 1 is 1.47 bits per heavy atom. The van der Waals surface area contributed by atoms with Gasteiger partial charge in [-0.05, 0) is 19.4 Å². The van der Waals surface area contributed by atoms with E-state index in [1.807, 2.05) is 0 Å². The first-order chi connectivity index (χ1) is 7.11. The second-order valence-electron chi connectivity index (χ2n) is 3.98. The Bertz CT molecular complexity index is 235. The van der Waals surface area contributed by atoms with Crippen molar-refractivity contribution in [2.75, 3.05) is 27.2 Å². The molecule has 0 aromatic carbocycles. The Labute approximate surface area is 90.2 Å². The first-order valence-electron chi connectivity index (χ1n) is 5.32. The molecule has 0 bridgehead atoms. The van der Waals surface area contributed by atoms with Crippen LogP contribution in [0.1, 0.15) is 19.3 Å². The molecule has 0 aromatic heterocycles. The van der Waals surface area contributed by atoms with E-state index < -0.39 is 0 Å². The number of hydrogen-bond acceptors (Lipinski definition) is 3. The summed E-state index contributed by atoms with van der Waals surface area (Å²) in [7, 11) is 3.42. The number of rotatable bonds is 4. The molecule has 1 fully saturated rings. The number of nitrogens with one attached hydrogen (secondary N) is 2. The van der Waals surface area contributed by atoms with Crippen molar-refractivity contribution < 1.29 is 9.59 Å². The number of carbonyl (C=O) groups excluding carboxylic acids is 2. The van der Waals surface area contributed by atoms with Crippen LogP contribution in [0.3, 0.4) is 0 Å². The third-order valence-electron chi connectivity index (χ3n) is 2.51. The van der Waals surface area contributed by atoms with Gasteiger partial charge in [-0.25, -0.2) is 0 Å². The van der Waals surface area contributed by atoms with Crippen molar-refractivity contribution in [1.82, 2.24) is 15.5 Å². The fourth-order valence-electron chi connectivity index (χ4n) is 1.55. The molecule has 1 heterocycles. The van der Waals surface area contributed by atoms with Crippen molar-refractivity contribution >= 4 is 11.8 Å². The van der Waals surface area contributed by atoms with Gasteiger partial charge in [-0.1, -0.05) is 0 Å². The molecule has 0 spiro atoms. The fourth-order valence-corrected chi connectivity index (χ4v) is 1.55. The minimum absolute atomic E-state index is 0.0130. The highest BCUT2D eigenvalue weighted by Crippen LogP contribution is 2.04. The van der Waals surface area contributed by atoms with Crippen molar-refractivity contribution in [3.05, 3.63) is 0 Å². The molecule has 1 rings (SSSR count). The number of carbonyl (C=O) groups is 2. The summed E-state index contributed by atoms with van der Waals surface area (Å²) < 4.78 is 0. The molecule has 0 aliphatic carbocycles. The predicted molar refractivity (Wildman–Crippen MR) is 57.3 cm³/mol. The molecule has 5 nitrogen and oxygen atoms in total. The second-order valence-corrected chi connectivity index (χ2v) is 3.98. The molecule has 1 aliphatic heterocycles. The van der Waals surface area contributed by atoms with Crippen molar-refractivity contribution in [2.45, 2.75) is 25.3 Å². The lowest BCUT2D eigenvalue weighted by Gasteiger charge is -2.12. The Kier molecular flexibility index (Phi) is 4.55. The molecule has 1 atom stereocenters. The lowest BCUT2D eigenvalue weighted by Crippen LogP contribution is -2.41. The third kappa shape index (κ3) is 3.87. The molecule has 0 unspecified atom stereocenters. The van der Waals surface area contributed by atoms with Crippen LogP contribution in [-0.4, -0.2) is 49.9 Å². The number of hydrogen-bond donors (Lipinski definition) is 2. The van der Waals surface area contributed by atoms with Crippen LogP contribution < -0.4 is 10.6 Å². The number of nitrogens with zero attached hydrogens (tertiary/aromatic N) is 1. The van der Waals surface area contributed by atoms with Gasteiger partial charge in [0.15, 0.2) is 0 Å². The standard InChI is InChI=1S/C10H19N3O2/c1-13(2)9(14)5-7-12-10(15)8-4-3-6-11-8/h8,11H,3-7H2,1-2H3,(H,12,15)/t8-/m0/s1. The average Bonchev–Trinajstić information content (AvgIpc) is 2.70. The van der Waals surface area contributed by atoms with Crippen molar-refractivity contribution in [2.24, 2.45) is 0 Å². The lowest BCUT2D eigenvalue weighted by atomic mass is 10.2. The Balaban J connectivity index is 2.14. The van der Waals surface area contributed by atoms with E-state index in [2.05, 4.69) is 10.6 Å². The summed E-state index contributed by atoms with van der Waals surface area (Å²) in [5, 5.41) is 5.87. The Hall–Kier alpha value is -1.10. The summed E-state index contributed by atoms with van der Waals surface area (Å²) in [6.07, 6.45) is 2.31. The van der Waals surface area contributed by atoms with Crippen molar-refractivity contribution in [3.8, 4) is 0 Å². The van der Waals surface area contributed by atoms with E-state index in [0.29, 0.717) is 13.0 Å². The van der Waals surface area contributed by atoms with Crippen LogP contribution in [0.15, 0.2) is 0 Å². The van der Waals surface area contributed by atoms with E-state index in [1.54, 1.807) is 14.1 Å². The molecule has 0 saturated carbocycles. The van der Waals surface area contributed by atoms with Crippen LogP contribution >= 0.6 is 0 Å². The first-order valence-corrected chi connectivity index (χ1v) is 5.32. The molecule has 1 saturated heterocycles. The van der Waals surface area contributed by atoms with Gasteiger partial charge >= 0.3 is 0 Å². The normalized spacial score (nSPS) is 20.0. The second kappa shape index (κ2) is 5.70. The number of amides is 2. The van der Waals surface area contributed by atoms with E-state index in [9.17, 15) is 9.59 Å². The first kappa shape index (κ1) is 12.0.